The first kappa shape index (κ1) is 48.9. The molecule has 13 nitrogen and oxygen atoms in total. The first-order valence-electron chi connectivity index (χ1n) is 22.6. The molecule has 5 aromatic carbocycles. The van der Waals surface area contributed by atoms with Gasteiger partial charge in [-0.25, -0.2) is 21.6 Å². The zero-order valence-electron chi connectivity index (χ0n) is 38.3. The molecule has 68 heavy (non-hydrogen) atoms. The Kier molecular flexibility index (Phi) is 15.1. The van der Waals surface area contributed by atoms with E-state index >= 15 is 0 Å². The van der Waals surface area contributed by atoms with Crippen LogP contribution in [-0.4, -0.2) is 106 Å². The van der Waals surface area contributed by atoms with Crippen LogP contribution in [0.15, 0.2) is 136 Å². The minimum atomic E-state index is -4.16. The second-order valence-electron chi connectivity index (χ2n) is 17.8. The summed E-state index contributed by atoms with van der Waals surface area (Å²) in [7, 11) is -5.43. The van der Waals surface area contributed by atoms with Crippen molar-refractivity contribution in [3.8, 4) is 22.4 Å². The van der Waals surface area contributed by atoms with Gasteiger partial charge >= 0.3 is 5.97 Å². The second kappa shape index (κ2) is 21.0. The van der Waals surface area contributed by atoms with Crippen LogP contribution >= 0.6 is 23.4 Å². The van der Waals surface area contributed by atoms with Crippen LogP contribution in [0.4, 0.5) is 22.7 Å². The number of carbonyl (C=O) groups is 1. The number of piperazine rings is 1. The molecule has 2 saturated heterocycles. The zero-order chi connectivity index (χ0) is 48.2. The number of aromatic carboxylic acids is 1. The number of carboxylic acid groups (broad SMARTS) is 1. The highest BCUT2D eigenvalue weighted by molar-refractivity contribution is 7.99. The highest BCUT2D eigenvalue weighted by atomic mass is 35.5. The Hall–Kier alpha value is -5.49. The van der Waals surface area contributed by atoms with Gasteiger partial charge in [-0.1, -0.05) is 54.1 Å². The molecule has 2 aliphatic rings. The van der Waals surface area contributed by atoms with Gasteiger partial charge in [0.2, 0.25) is 0 Å². The van der Waals surface area contributed by atoms with E-state index in [1.165, 1.54) is 18.2 Å². The Morgan fingerprint density at radius 2 is 1.49 bits per heavy atom. The fraction of sp³-hybridized carbons (Fsp3) is 0.314. The van der Waals surface area contributed by atoms with Crippen molar-refractivity contribution in [2.75, 3.05) is 71.4 Å². The third-order valence-corrected chi connectivity index (χ3v) is 16.6. The number of nitrogens with zero attached hydrogens (tertiary/aromatic N) is 4. The van der Waals surface area contributed by atoms with Crippen LogP contribution in [0.5, 0.6) is 0 Å². The Balaban J connectivity index is 0.917. The lowest BCUT2D eigenvalue weighted by atomic mass is 9.94. The maximum atomic E-state index is 13.7. The molecule has 17 heteroatoms. The summed E-state index contributed by atoms with van der Waals surface area (Å²) in [6.07, 6.45) is 2.10. The van der Waals surface area contributed by atoms with Crippen molar-refractivity contribution in [1.82, 2.24) is 9.47 Å². The van der Waals surface area contributed by atoms with E-state index in [0.717, 1.165) is 59.1 Å². The first-order valence-corrected chi connectivity index (χ1v) is 26.7. The maximum Gasteiger partial charge on any atom is 0.338 e. The van der Waals surface area contributed by atoms with E-state index in [0.29, 0.717) is 72.4 Å². The molecule has 6 aromatic rings. The summed E-state index contributed by atoms with van der Waals surface area (Å²) in [4.78, 5) is 20.3. The molecule has 4 N–H and O–H groups in total. The number of aliphatic hydroxyl groups is 1. The van der Waals surface area contributed by atoms with E-state index in [-0.39, 0.29) is 21.4 Å². The van der Waals surface area contributed by atoms with Crippen LogP contribution < -0.4 is 19.8 Å². The maximum absolute atomic E-state index is 13.7. The number of carboxylic acids is 1. The van der Waals surface area contributed by atoms with E-state index in [9.17, 15) is 31.8 Å². The molecule has 0 radical (unpaired) electrons. The monoisotopic (exact) mass is 996 g/mol. The molecule has 0 aliphatic carbocycles. The van der Waals surface area contributed by atoms with Crippen molar-refractivity contribution in [3.63, 3.8) is 0 Å². The average molecular weight is 998 g/mol. The predicted octanol–water partition coefficient (Wildman–Crippen LogP) is 8.93. The molecule has 0 amide bonds. The summed E-state index contributed by atoms with van der Waals surface area (Å²) >= 11 is 7.87. The van der Waals surface area contributed by atoms with Crippen LogP contribution in [0, 0.1) is 6.92 Å². The van der Waals surface area contributed by atoms with Gasteiger partial charge in [-0.15, -0.1) is 11.8 Å². The molecule has 8 rings (SSSR count). The molecular weight excluding hydrogens is 940 g/mol. The number of nitrogens with one attached hydrogen (secondary N) is 2. The van der Waals surface area contributed by atoms with Crippen molar-refractivity contribution in [1.29, 1.82) is 0 Å². The summed E-state index contributed by atoms with van der Waals surface area (Å²) in [5.41, 5.74) is 5.97. The number of anilines is 4. The first-order chi connectivity index (χ1) is 32.5. The second-order valence-corrected chi connectivity index (χ2v) is 22.0. The third kappa shape index (κ3) is 11.5. The number of rotatable bonds is 17. The van der Waals surface area contributed by atoms with Gasteiger partial charge in [-0.2, -0.15) is 0 Å². The number of thioether (sulfide) groups is 1. The summed E-state index contributed by atoms with van der Waals surface area (Å²) < 4.78 is 57.4. The van der Waals surface area contributed by atoms with Crippen molar-refractivity contribution >= 4 is 72.8 Å². The van der Waals surface area contributed by atoms with Crippen LogP contribution in [0.1, 0.15) is 42.2 Å². The highest BCUT2D eigenvalue weighted by Gasteiger charge is 2.29. The van der Waals surface area contributed by atoms with Gasteiger partial charge in [0.05, 0.1) is 32.3 Å². The minimum absolute atomic E-state index is 0.101. The number of likely N-dealkylation sites (tertiary alicyclic amines) is 1. The molecular formula is C51H57ClN6O7S3. The summed E-state index contributed by atoms with van der Waals surface area (Å²) in [5.74, 6) is -0.333. The largest absolute Gasteiger partial charge is 0.478 e. The Morgan fingerprint density at radius 3 is 2.13 bits per heavy atom. The van der Waals surface area contributed by atoms with E-state index in [1.54, 1.807) is 36.0 Å². The van der Waals surface area contributed by atoms with Gasteiger partial charge in [0.1, 0.15) is 0 Å². The summed E-state index contributed by atoms with van der Waals surface area (Å²) in [6.45, 7) is 8.80. The number of sulfonamides is 1. The molecule has 0 bridgehead atoms. The SMILES string of the molecule is Cc1c(C(=O)O)c(-c2cccc(N3CCN(c4ccc(NS(=O)(=O)c5ccc(N[C@H](CCN6CCC(C)(O)CC6)CSc6ccccc6)c([SH](=O)=O)c5)cc4)CC3)c2)c(-c2ccc(Cl)cc2)n1C. The van der Waals surface area contributed by atoms with Crippen LogP contribution in [-0.2, 0) is 27.8 Å². The number of halogens is 1. The fourth-order valence-electron chi connectivity index (χ4n) is 9.01. The number of piperidine rings is 1. The summed E-state index contributed by atoms with van der Waals surface area (Å²) in [5, 5.41) is 24.8. The molecule has 0 unspecified atom stereocenters. The molecule has 2 aliphatic heterocycles. The normalized spacial score (nSPS) is 15.9. The zero-order valence-corrected chi connectivity index (χ0v) is 41.6. The van der Waals surface area contributed by atoms with Crippen molar-refractivity contribution in [2.24, 2.45) is 7.05 Å². The van der Waals surface area contributed by atoms with E-state index in [1.807, 2.05) is 104 Å². The van der Waals surface area contributed by atoms with E-state index in [4.69, 9.17) is 11.6 Å². The smallest absolute Gasteiger partial charge is 0.338 e. The lowest BCUT2D eigenvalue weighted by Gasteiger charge is -2.37. The number of hydrogen-bond acceptors (Lipinski definition) is 11. The Morgan fingerprint density at radius 1 is 0.824 bits per heavy atom. The highest BCUT2D eigenvalue weighted by Crippen LogP contribution is 2.40. The number of aromatic nitrogens is 1. The molecule has 2 fully saturated rings. The predicted molar refractivity (Wildman–Crippen MR) is 275 cm³/mol. The third-order valence-electron chi connectivity index (χ3n) is 13.0. The van der Waals surface area contributed by atoms with Crippen LogP contribution in [0.2, 0.25) is 5.02 Å². The lowest BCUT2D eigenvalue weighted by Crippen LogP contribution is -2.46. The number of benzene rings is 5. The Labute approximate surface area is 409 Å². The quantitative estimate of drug-likeness (QED) is 0.0436. The average Bonchev–Trinajstić information content (AvgIpc) is 3.60. The number of hydrogen-bond donors (Lipinski definition) is 5. The van der Waals surface area contributed by atoms with Crippen LogP contribution in [0.3, 0.4) is 0 Å². The fourth-order valence-corrected chi connectivity index (χ4v) is 11.9. The standard InChI is InChI=1S/C51H57ClN6O7S3/c1-35-47(50(59)60)48(49(55(35)3)36-12-14-38(52)15-13-36)37-8-7-9-42(32-37)58-30-28-57(29-31-58)41-18-16-39(17-19-41)54-68(64,65)44-20-21-45(46(33-44)67(62)63)53-40(34-66-43-10-5-4-6-11-43)22-25-56-26-23-51(2,61)24-27-56/h4-21,32-33,40,53-54,61,67H,22-31,34H2,1-3H3,(H,59,60)/t40-/m1/s1. The van der Waals surface area contributed by atoms with E-state index < -0.39 is 32.3 Å². The molecule has 3 heterocycles. The molecule has 1 atom stereocenters. The van der Waals surface area contributed by atoms with Gasteiger partial charge in [-0.3, -0.25) is 4.72 Å². The minimum Gasteiger partial charge on any atom is -0.478 e. The van der Waals surface area contributed by atoms with Crippen molar-refractivity contribution in [2.45, 2.75) is 59.4 Å². The van der Waals surface area contributed by atoms with Gasteiger partial charge in [-0.05, 0) is 123 Å². The molecule has 0 saturated carbocycles. The number of thiol groups is 1. The van der Waals surface area contributed by atoms with Crippen molar-refractivity contribution < 1.29 is 31.8 Å². The van der Waals surface area contributed by atoms with Crippen LogP contribution in [0.25, 0.3) is 22.4 Å². The van der Waals surface area contributed by atoms with Crippen molar-refractivity contribution in [3.05, 3.63) is 138 Å². The topological polar surface area (TPSA) is 165 Å². The summed E-state index contributed by atoms with van der Waals surface area (Å²) in [6, 6.07) is 36.5. The van der Waals surface area contributed by atoms with E-state index in [2.05, 4.69) is 24.7 Å². The lowest BCUT2D eigenvalue weighted by molar-refractivity contribution is -0.00556. The van der Waals surface area contributed by atoms with Gasteiger partial charge < -0.3 is 34.8 Å². The molecule has 0 spiro atoms. The van der Waals surface area contributed by atoms with Gasteiger partial charge in [0.25, 0.3) is 10.0 Å². The molecule has 358 valence electrons. The molecule has 1 aromatic heterocycles. The van der Waals surface area contributed by atoms with Gasteiger partial charge in [0.15, 0.2) is 10.7 Å². The Bertz CT molecular complexity index is 2920. The van der Waals surface area contributed by atoms with Gasteiger partial charge in [0, 0.05) is 103 Å².